The van der Waals surface area contributed by atoms with Crippen LogP contribution >= 0.6 is 35.8 Å². The molecule has 1 aromatic carbocycles. The van der Waals surface area contributed by atoms with Gasteiger partial charge >= 0.3 is 0 Å². The van der Waals surface area contributed by atoms with E-state index in [1.54, 1.807) is 12.1 Å². The minimum absolute atomic E-state index is 0.0000723. The SMILES string of the molecule is C[C@@]1(c2ccc(Cl)cc2Cl)OC[C@H](CS)O1. The lowest BCUT2D eigenvalue weighted by molar-refractivity contribution is -0.159. The van der Waals surface area contributed by atoms with Crippen LogP contribution in [-0.2, 0) is 15.3 Å². The molecule has 0 aromatic heterocycles. The van der Waals surface area contributed by atoms with Crippen LogP contribution in [0.5, 0.6) is 0 Å². The second-order valence-electron chi connectivity index (χ2n) is 3.80. The van der Waals surface area contributed by atoms with Crippen molar-refractivity contribution in [2.45, 2.75) is 18.8 Å². The van der Waals surface area contributed by atoms with E-state index in [-0.39, 0.29) is 6.10 Å². The molecule has 1 saturated heterocycles. The number of benzene rings is 1. The summed E-state index contributed by atoms with van der Waals surface area (Å²) in [6.45, 7) is 2.38. The number of ether oxygens (including phenoxy) is 2. The highest BCUT2D eigenvalue weighted by Crippen LogP contribution is 2.38. The fourth-order valence-corrected chi connectivity index (χ4v) is 2.49. The van der Waals surface area contributed by atoms with Gasteiger partial charge in [0.1, 0.15) is 0 Å². The van der Waals surface area contributed by atoms with Crippen LogP contribution in [0, 0.1) is 0 Å². The van der Waals surface area contributed by atoms with Crippen molar-refractivity contribution in [2.75, 3.05) is 12.4 Å². The molecule has 1 fully saturated rings. The highest BCUT2D eigenvalue weighted by molar-refractivity contribution is 7.80. The Labute approximate surface area is 110 Å². The summed E-state index contributed by atoms with van der Waals surface area (Å²) in [5.74, 6) is -0.171. The normalized spacial score (nSPS) is 29.6. The number of hydrogen-bond acceptors (Lipinski definition) is 3. The quantitative estimate of drug-likeness (QED) is 0.835. The monoisotopic (exact) mass is 278 g/mol. The van der Waals surface area contributed by atoms with Crippen LogP contribution in [0.2, 0.25) is 10.0 Å². The topological polar surface area (TPSA) is 18.5 Å². The molecule has 88 valence electrons. The van der Waals surface area contributed by atoms with Gasteiger partial charge in [-0.1, -0.05) is 29.3 Å². The molecule has 1 heterocycles. The summed E-state index contributed by atoms with van der Waals surface area (Å²) in [5.41, 5.74) is 0.794. The van der Waals surface area contributed by atoms with Crippen molar-refractivity contribution in [3.63, 3.8) is 0 Å². The molecule has 2 nitrogen and oxygen atoms in total. The van der Waals surface area contributed by atoms with Crippen LogP contribution in [0.1, 0.15) is 12.5 Å². The molecule has 1 aromatic rings. The lowest BCUT2D eigenvalue weighted by Crippen LogP contribution is -2.24. The molecule has 5 heteroatoms. The van der Waals surface area contributed by atoms with Crippen LogP contribution < -0.4 is 0 Å². The molecule has 0 spiro atoms. The van der Waals surface area contributed by atoms with Crippen molar-refractivity contribution in [1.29, 1.82) is 0 Å². The maximum atomic E-state index is 6.13. The highest BCUT2D eigenvalue weighted by Gasteiger charge is 2.39. The summed E-state index contributed by atoms with van der Waals surface area (Å²) in [7, 11) is 0. The van der Waals surface area contributed by atoms with Gasteiger partial charge in [-0.3, -0.25) is 0 Å². The molecule has 0 radical (unpaired) electrons. The third-order valence-corrected chi connectivity index (χ3v) is 3.52. The standard InChI is InChI=1S/C11H12Cl2O2S/c1-11(14-5-8(6-16)15-11)9-3-2-7(12)4-10(9)13/h2-4,8,16H,5-6H2,1H3/t8-,11-/m1/s1. The van der Waals surface area contributed by atoms with Gasteiger partial charge in [0.25, 0.3) is 0 Å². The van der Waals surface area contributed by atoms with E-state index in [4.69, 9.17) is 32.7 Å². The molecule has 2 rings (SSSR count). The summed E-state index contributed by atoms with van der Waals surface area (Å²) in [5, 5.41) is 1.15. The lowest BCUT2D eigenvalue weighted by atomic mass is 10.1. The zero-order chi connectivity index (χ0) is 11.8. The van der Waals surface area contributed by atoms with Crippen molar-refractivity contribution in [3.05, 3.63) is 33.8 Å². The van der Waals surface area contributed by atoms with E-state index in [9.17, 15) is 0 Å². The highest BCUT2D eigenvalue weighted by atomic mass is 35.5. The van der Waals surface area contributed by atoms with E-state index in [0.717, 1.165) is 5.56 Å². The van der Waals surface area contributed by atoms with Gasteiger partial charge in [-0.2, -0.15) is 12.6 Å². The summed E-state index contributed by atoms with van der Waals surface area (Å²) in [6.07, 6.45) is 0.0000723. The van der Waals surface area contributed by atoms with Crippen molar-refractivity contribution in [2.24, 2.45) is 0 Å². The van der Waals surface area contributed by atoms with Gasteiger partial charge < -0.3 is 9.47 Å². The first-order chi connectivity index (χ1) is 7.55. The van der Waals surface area contributed by atoms with Gasteiger partial charge in [-0.05, 0) is 19.1 Å². The van der Waals surface area contributed by atoms with E-state index < -0.39 is 5.79 Å². The molecule has 1 aliphatic rings. The van der Waals surface area contributed by atoms with E-state index >= 15 is 0 Å². The second-order valence-corrected chi connectivity index (χ2v) is 5.01. The van der Waals surface area contributed by atoms with Gasteiger partial charge in [0.15, 0.2) is 5.79 Å². The zero-order valence-electron chi connectivity index (χ0n) is 8.74. The van der Waals surface area contributed by atoms with Gasteiger partial charge in [-0.25, -0.2) is 0 Å². The average molecular weight is 279 g/mol. The minimum Gasteiger partial charge on any atom is -0.343 e. The van der Waals surface area contributed by atoms with Crippen molar-refractivity contribution in [3.8, 4) is 0 Å². The molecule has 0 unspecified atom stereocenters. The lowest BCUT2D eigenvalue weighted by Gasteiger charge is -2.24. The van der Waals surface area contributed by atoms with E-state index in [2.05, 4.69) is 12.6 Å². The maximum absolute atomic E-state index is 6.13. The molecular formula is C11H12Cl2O2S. The minimum atomic E-state index is -0.797. The van der Waals surface area contributed by atoms with Crippen LogP contribution in [-0.4, -0.2) is 18.5 Å². The summed E-state index contributed by atoms with van der Waals surface area (Å²) < 4.78 is 11.4. The van der Waals surface area contributed by atoms with Gasteiger partial charge in [0.05, 0.1) is 17.7 Å². The van der Waals surface area contributed by atoms with E-state index in [0.29, 0.717) is 22.4 Å². The Morgan fingerprint density at radius 2 is 2.25 bits per heavy atom. The Balaban J connectivity index is 2.30. The Hall–Kier alpha value is 0.0700. The predicted molar refractivity (Wildman–Crippen MR) is 68.5 cm³/mol. The summed E-state index contributed by atoms with van der Waals surface area (Å²) in [4.78, 5) is 0. The van der Waals surface area contributed by atoms with Gasteiger partial charge in [0.2, 0.25) is 0 Å². The summed E-state index contributed by atoms with van der Waals surface area (Å²) in [6, 6.07) is 5.28. The Morgan fingerprint density at radius 1 is 1.50 bits per heavy atom. The number of hydrogen-bond donors (Lipinski definition) is 1. The molecule has 0 amide bonds. The number of rotatable bonds is 2. The smallest absolute Gasteiger partial charge is 0.193 e. The second kappa shape index (κ2) is 4.75. The molecule has 2 atom stereocenters. The van der Waals surface area contributed by atoms with Crippen LogP contribution in [0.3, 0.4) is 0 Å². The number of thiol groups is 1. The van der Waals surface area contributed by atoms with Crippen LogP contribution in [0.4, 0.5) is 0 Å². The molecule has 0 saturated carbocycles. The van der Waals surface area contributed by atoms with Crippen LogP contribution in [0.15, 0.2) is 18.2 Å². The largest absolute Gasteiger partial charge is 0.343 e. The number of halogens is 2. The molecule has 0 aliphatic carbocycles. The Morgan fingerprint density at radius 3 is 2.81 bits per heavy atom. The molecule has 1 aliphatic heterocycles. The first kappa shape index (κ1) is 12.5. The fourth-order valence-electron chi connectivity index (χ4n) is 1.73. The van der Waals surface area contributed by atoms with Gasteiger partial charge in [-0.15, -0.1) is 0 Å². The third kappa shape index (κ3) is 2.34. The predicted octanol–water partition coefficient (Wildman–Crippen LogP) is 3.51. The fraction of sp³-hybridized carbons (Fsp3) is 0.455. The van der Waals surface area contributed by atoms with Gasteiger partial charge in [0, 0.05) is 16.3 Å². The summed E-state index contributed by atoms with van der Waals surface area (Å²) >= 11 is 16.2. The first-order valence-corrected chi connectivity index (χ1v) is 6.32. The average Bonchev–Trinajstić information content (AvgIpc) is 2.61. The molecule has 0 bridgehead atoms. The maximum Gasteiger partial charge on any atom is 0.193 e. The molecule has 16 heavy (non-hydrogen) atoms. The van der Waals surface area contributed by atoms with Crippen molar-refractivity contribution in [1.82, 2.24) is 0 Å². The Kier molecular flexibility index (Phi) is 3.72. The van der Waals surface area contributed by atoms with Crippen molar-refractivity contribution < 1.29 is 9.47 Å². The zero-order valence-corrected chi connectivity index (χ0v) is 11.1. The molecule has 0 N–H and O–H groups in total. The van der Waals surface area contributed by atoms with E-state index in [1.165, 1.54) is 0 Å². The first-order valence-electron chi connectivity index (χ1n) is 4.93. The Bertz CT molecular complexity index is 400. The van der Waals surface area contributed by atoms with Crippen molar-refractivity contribution >= 4 is 35.8 Å². The van der Waals surface area contributed by atoms with Crippen LogP contribution in [0.25, 0.3) is 0 Å². The van der Waals surface area contributed by atoms with E-state index in [1.807, 2.05) is 13.0 Å². The third-order valence-electron chi connectivity index (χ3n) is 2.56. The molecular weight excluding hydrogens is 267 g/mol.